The molecule has 0 aromatic heterocycles. The summed E-state index contributed by atoms with van der Waals surface area (Å²) in [6.45, 7) is 1.79. The first kappa shape index (κ1) is 15.0. The lowest BCUT2D eigenvalue weighted by Gasteiger charge is -2.10. The molecule has 2 N–H and O–H groups in total. The topological polar surface area (TPSA) is 60.2 Å². The molecule has 2 aromatic rings. The second-order valence-electron chi connectivity index (χ2n) is 4.51. The van der Waals surface area contributed by atoms with Gasteiger partial charge >= 0.3 is 0 Å². The van der Waals surface area contributed by atoms with Crippen LogP contribution in [0.3, 0.4) is 0 Å². The monoisotopic (exact) mass is 357 g/mol. The van der Waals surface area contributed by atoms with Crippen molar-refractivity contribution in [1.29, 1.82) is 0 Å². The number of halogens is 2. The maximum atomic E-state index is 13.4. The van der Waals surface area contributed by atoms with Crippen molar-refractivity contribution >= 4 is 31.5 Å². The Balaban J connectivity index is 2.46. The van der Waals surface area contributed by atoms with Crippen LogP contribution in [0.2, 0.25) is 0 Å². The lowest BCUT2D eigenvalue weighted by molar-refractivity contribution is 0.594. The molecular weight excluding hydrogens is 345 g/mol. The first-order valence-corrected chi connectivity index (χ1v) is 8.27. The van der Waals surface area contributed by atoms with E-state index < -0.39 is 15.7 Å². The summed E-state index contributed by atoms with van der Waals surface area (Å²) in [7, 11) is -3.63. The summed E-state index contributed by atoms with van der Waals surface area (Å²) in [5.41, 5.74) is 7.10. The summed E-state index contributed by atoms with van der Waals surface area (Å²) in [5.74, 6) is -0.797. The van der Waals surface area contributed by atoms with E-state index in [4.69, 9.17) is 5.73 Å². The normalized spacial score (nSPS) is 11.6. The Morgan fingerprint density at radius 2 is 1.95 bits per heavy atom. The minimum Gasteiger partial charge on any atom is -0.398 e. The van der Waals surface area contributed by atoms with E-state index in [-0.39, 0.29) is 20.8 Å². The molecule has 106 valence electrons. The predicted molar refractivity (Wildman–Crippen MR) is 80.6 cm³/mol. The van der Waals surface area contributed by atoms with Crippen LogP contribution in [0.15, 0.2) is 45.8 Å². The molecule has 0 bridgehead atoms. The van der Waals surface area contributed by atoms with Crippen molar-refractivity contribution in [1.82, 2.24) is 0 Å². The lowest BCUT2D eigenvalue weighted by atomic mass is 10.2. The Kier molecular flexibility index (Phi) is 4.15. The third-order valence-electron chi connectivity index (χ3n) is 2.88. The largest absolute Gasteiger partial charge is 0.398 e. The zero-order valence-electron chi connectivity index (χ0n) is 10.7. The summed E-state index contributed by atoms with van der Waals surface area (Å²) in [6.07, 6.45) is 0. The Morgan fingerprint density at radius 3 is 2.65 bits per heavy atom. The average molecular weight is 358 g/mol. The number of rotatable bonds is 3. The summed E-state index contributed by atoms with van der Waals surface area (Å²) in [6, 6.07) is 9.13. The molecule has 0 aliphatic rings. The van der Waals surface area contributed by atoms with Crippen LogP contribution in [0.1, 0.15) is 11.1 Å². The average Bonchev–Trinajstić information content (AvgIpc) is 2.37. The van der Waals surface area contributed by atoms with E-state index in [1.54, 1.807) is 25.1 Å². The molecule has 0 aliphatic carbocycles. The highest BCUT2D eigenvalue weighted by molar-refractivity contribution is 9.10. The van der Waals surface area contributed by atoms with Crippen LogP contribution in [-0.4, -0.2) is 8.42 Å². The Hall–Kier alpha value is -1.40. The smallest absolute Gasteiger partial charge is 0.184 e. The van der Waals surface area contributed by atoms with E-state index in [2.05, 4.69) is 15.9 Å². The number of hydrogen-bond acceptors (Lipinski definition) is 3. The zero-order chi connectivity index (χ0) is 14.9. The number of anilines is 1. The number of sulfone groups is 1. The van der Waals surface area contributed by atoms with Gasteiger partial charge < -0.3 is 5.73 Å². The van der Waals surface area contributed by atoms with Crippen LogP contribution < -0.4 is 5.73 Å². The quantitative estimate of drug-likeness (QED) is 0.855. The number of nitrogens with two attached hydrogens (primary N) is 1. The molecule has 0 spiro atoms. The molecule has 0 atom stereocenters. The summed E-state index contributed by atoms with van der Waals surface area (Å²) < 4.78 is 38.4. The molecule has 20 heavy (non-hydrogen) atoms. The van der Waals surface area contributed by atoms with E-state index in [1.807, 2.05) is 0 Å². The summed E-state index contributed by atoms with van der Waals surface area (Å²) in [4.78, 5) is 0.0775. The highest BCUT2D eigenvalue weighted by Gasteiger charge is 2.20. The first-order chi connectivity index (χ1) is 9.31. The van der Waals surface area contributed by atoms with E-state index >= 15 is 0 Å². The maximum absolute atomic E-state index is 13.4. The van der Waals surface area contributed by atoms with Crippen molar-refractivity contribution in [3.05, 3.63) is 57.8 Å². The number of nitrogen functional groups attached to an aromatic ring is 1. The predicted octanol–water partition coefficient (Wildman–Crippen LogP) is 3.45. The fourth-order valence-corrected chi connectivity index (χ4v) is 4.04. The van der Waals surface area contributed by atoms with Gasteiger partial charge in [-0.2, -0.15) is 0 Å². The van der Waals surface area contributed by atoms with E-state index in [1.165, 1.54) is 18.2 Å². The van der Waals surface area contributed by atoms with Gasteiger partial charge in [-0.25, -0.2) is 12.8 Å². The first-order valence-electron chi connectivity index (χ1n) is 5.83. The fourth-order valence-electron chi connectivity index (χ4n) is 1.85. The molecule has 3 nitrogen and oxygen atoms in total. The molecule has 0 radical (unpaired) electrons. The molecule has 0 fully saturated rings. The van der Waals surface area contributed by atoms with Crippen molar-refractivity contribution in [3.63, 3.8) is 0 Å². The molecule has 0 saturated carbocycles. The molecule has 0 amide bonds. The fraction of sp³-hybridized carbons (Fsp3) is 0.143. The molecule has 0 heterocycles. The second-order valence-corrected chi connectivity index (χ2v) is 7.26. The molecule has 2 rings (SSSR count). The Morgan fingerprint density at radius 1 is 1.25 bits per heavy atom. The summed E-state index contributed by atoms with van der Waals surface area (Å²) >= 11 is 3.07. The van der Waals surface area contributed by atoms with Crippen LogP contribution in [0.4, 0.5) is 10.1 Å². The van der Waals surface area contributed by atoms with Gasteiger partial charge in [-0.1, -0.05) is 18.2 Å². The molecule has 0 aliphatic heterocycles. The van der Waals surface area contributed by atoms with Crippen molar-refractivity contribution < 1.29 is 12.8 Å². The van der Waals surface area contributed by atoms with Gasteiger partial charge in [-0.3, -0.25) is 0 Å². The van der Waals surface area contributed by atoms with Crippen LogP contribution in [0.5, 0.6) is 0 Å². The van der Waals surface area contributed by atoms with Gasteiger partial charge in [0, 0.05) is 0 Å². The lowest BCUT2D eigenvalue weighted by Crippen LogP contribution is -2.09. The second kappa shape index (κ2) is 5.54. The van der Waals surface area contributed by atoms with Gasteiger partial charge in [0.2, 0.25) is 0 Å². The van der Waals surface area contributed by atoms with Gasteiger partial charge in [0.15, 0.2) is 9.84 Å². The van der Waals surface area contributed by atoms with Crippen molar-refractivity contribution in [3.8, 4) is 0 Å². The van der Waals surface area contributed by atoms with Crippen molar-refractivity contribution in [2.45, 2.75) is 17.6 Å². The molecule has 6 heteroatoms. The minimum absolute atomic E-state index is 0.0775. The third kappa shape index (κ3) is 3.02. The molecule has 0 saturated heterocycles. The number of benzene rings is 2. The van der Waals surface area contributed by atoms with E-state index in [0.29, 0.717) is 5.56 Å². The van der Waals surface area contributed by atoms with Crippen molar-refractivity contribution in [2.24, 2.45) is 0 Å². The van der Waals surface area contributed by atoms with Crippen LogP contribution in [0.25, 0.3) is 0 Å². The van der Waals surface area contributed by atoms with Gasteiger partial charge in [-0.15, -0.1) is 0 Å². The highest BCUT2D eigenvalue weighted by Crippen LogP contribution is 2.27. The van der Waals surface area contributed by atoms with Gasteiger partial charge in [-0.05, 0) is 52.2 Å². The van der Waals surface area contributed by atoms with Crippen LogP contribution in [0, 0.1) is 12.7 Å². The summed E-state index contributed by atoms with van der Waals surface area (Å²) in [5, 5.41) is 0. The number of aryl methyl sites for hydroxylation is 1. The Labute approximate surface area is 125 Å². The molecule has 0 unspecified atom stereocenters. The van der Waals surface area contributed by atoms with Gasteiger partial charge in [0.25, 0.3) is 0 Å². The zero-order valence-corrected chi connectivity index (χ0v) is 13.1. The van der Waals surface area contributed by atoms with Gasteiger partial charge in [0.1, 0.15) is 5.82 Å². The molecular formula is C14H13BrFNO2S. The van der Waals surface area contributed by atoms with Crippen molar-refractivity contribution in [2.75, 3.05) is 5.73 Å². The van der Waals surface area contributed by atoms with E-state index in [9.17, 15) is 12.8 Å². The highest BCUT2D eigenvalue weighted by atomic mass is 79.9. The Bertz CT molecular complexity index is 760. The maximum Gasteiger partial charge on any atom is 0.184 e. The third-order valence-corrected chi connectivity index (χ3v) is 5.48. The SMILES string of the molecule is Cc1ccc(N)c(S(=O)(=O)Cc2cccc(F)c2Br)c1. The number of hydrogen-bond donors (Lipinski definition) is 1. The van der Waals surface area contributed by atoms with Crippen LogP contribution >= 0.6 is 15.9 Å². The van der Waals surface area contributed by atoms with Gasteiger partial charge in [0.05, 0.1) is 20.8 Å². The van der Waals surface area contributed by atoms with Crippen LogP contribution in [-0.2, 0) is 15.6 Å². The molecule has 2 aromatic carbocycles. The minimum atomic E-state index is -3.63. The van der Waals surface area contributed by atoms with E-state index in [0.717, 1.165) is 5.56 Å². The standard InChI is InChI=1S/C14H13BrFNO2S/c1-9-5-6-12(17)13(7-9)20(18,19)8-10-3-2-4-11(16)14(10)15/h2-7H,8,17H2,1H3.